The number of para-hydroxylation sites is 5. The minimum Gasteiger partial charge on any atom is -0.311 e. The van der Waals surface area contributed by atoms with Gasteiger partial charge in [0.25, 0.3) is 0 Å². The fourth-order valence-corrected chi connectivity index (χ4v) is 8.27. The second-order valence-corrected chi connectivity index (χ2v) is 15.5. The average molecular weight is 806 g/mol. The third-order valence-electron chi connectivity index (χ3n) is 11.5. The van der Waals surface area contributed by atoms with Crippen molar-refractivity contribution in [3.05, 3.63) is 237 Å². The summed E-state index contributed by atoms with van der Waals surface area (Å²) < 4.78 is 0. The van der Waals surface area contributed by atoms with Crippen LogP contribution in [0.15, 0.2) is 237 Å². The lowest BCUT2D eigenvalue weighted by Crippen LogP contribution is -2.09. The first-order chi connectivity index (χ1) is 31.2. The molecule has 63 heavy (non-hydrogen) atoms. The van der Waals surface area contributed by atoms with Crippen LogP contribution < -0.4 is 4.90 Å². The summed E-state index contributed by atoms with van der Waals surface area (Å²) in [6.07, 6.45) is 0. The smallest absolute Gasteiger partial charge is 0.0973 e. The van der Waals surface area contributed by atoms with Crippen LogP contribution in [0.5, 0.6) is 0 Å². The number of benzene rings is 9. The highest BCUT2D eigenvalue weighted by Gasteiger charge is 2.17. The van der Waals surface area contributed by atoms with E-state index in [1.54, 1.807) is 0 Å². The summed E-state index contributed by atoms with van der Waals surface area (Å²) in [7, 11) is 0. The van der Waals surface area contributed by atoms with Crippen molar-refractivity contribution in [1.29, 1.82) is 0 Å². The first kappa shape index (κ1) is 37.5. The van der Waals surface area contributed by atoms with Crippen LogP contribution in [-0.4, -0.2) is 19.9 Å². The van der Waals surface area contributed by atoms with Gasteiger partial charge in [-0.25, -0.2) is 19.9 Å². The molecule has 0 bridgehead atoms. The SMILES string of the molecule is c1ccc(-c2nc3ccccc3nc2-c2ccc(-c3ccc(N(c4ccccc4)c4ccc(-c5ccc(-c6nc7ccccc7nc6-c6ccccc6)cc5)cc4)cc3)cc2)cc1. The standard InChI is InChI=1S/C58H39N5/c1-4-14-44(15-5-1)55-57(61-53-22-12-10-20-51(53)59-55)46-28-24-40(25-29-46)42-32-36-49(37-33-42)63(48-18-8-3-9-19-48)50-38-34-43(35-39-50)41-26-30-47(31-27-41)58-56(45-16-6-2-7-17-45)60-52-21-11-13-23-54(52)62-58/h1-39H. The predicted molar refractivity (Wildman–Crippen MR) is 260 cm³/mol. The lowest BCUT2D eigenvalue weighted by molar-refractivity contribution is 1.28. The van der Waals surface area contributed by atoms with Crippen molar-refractivity contribution in [3.8, 4) is 67.3 Å². The second-order valence-electron chi connectivity index (χ2n) is 15.5. The minimum absolute atomic E-state index is 0.872. The molecule has 11 aromatic rings. The fraction of sp³-hybridized carbons (Fsp3) is 0. The number of hydrogen-bond acceptors (Lipinski definition) is 5. The molecule has 0 saturated carbocycles. The van der Waals surface area contributed by atoms with E-state index >= 15 is 0 Å². The average Bonchev–Trinajstić information content (AvgIpc) is 3.37. The number of anilines is 3. The van der Waals surface area contributed by atoms with Gasteiger partial charge in [-0.1, -0.05) is 176 Å². The van der Waals surface area contributed by atoms with E-state index < -0.39 is 0 Å². The Bertz CT molecular complexity index is 3130. The first-order valence-corrected chi connectivity index (χ1v) is 21.1. The van der Waals surface area contributed by atoms with E-state index in [-0.39, 0.29) is 0 Å². The maximum atomic E-state index is 5.10. The maximum Gasteiger partial charge on any atom is 0.0973 e. The second kappa shape index (κ2) is 16.5. The Hall–Kier alpha value is -8.54. The highest BCUT2D eigenvalue weighted by molar-refractivity contribution is 5.89. The Morgan fingerprint density at radius 1 is 0.190 bits per heavy atom. The summed E-state index contributed by atoms with van der Waals surface area (Å²) in [5.41, 5.74) is 18.9. The van der Waals surface area contributed by atoms with E-state index in [1.807, 2.05) is 84.9 Å². The predicted octanol–water partition coefficient (Wildman–Crippen LogP) is 15.0. The Labute approximate surface area is 366 Å². The third kappa shape index (κ3) is 7.49. The van der Waals surface area contributed by atoms with E-state index in [4.69, 9.17) is 19.9 Å². The first-order valence-electron chi connectivity index (χ1n) is 21.1. The molecule has 0 unspecified atom stereocenters. The third-order valence-corrected chi connectivity index (χ3v) is 11.5. The monoisotopic (exact) mass is 805 g/mol. The summed E-state index contributed by atoms with van der Waals surface area (Å²) in [6, 6.07) is 82.1. The molecule has 5 heteroatoms. The number of nitrogens with zero attached hydrogens (tertiary/aromatic N) is 5. The summed E-state index contributed by atoms with van der Waals surface area (Å²) in [4.78, 5) is 22.6. The molecule has 0 aliphatic carbocycles. The van der Waals surface area contributed by atoms with Crippen LogP contribution in [0.25, 0.3) is 89.4 Å². The molecule has 0 radical (unpaired) electrons. The maximum absolute atomic E-state index is 5.10. The molecule has 9 aromatic carbocycles. The van der Waals surface area contributed by atoms with Crippen molar-refractivity contribution in [3.63, 3.8) is 0 Å². The van der Waals surface area contributed by atoms with Gasteiger partial charge in [-0.05, 0) is 82.9 Å². The lowest BCUT2D eigenvalue weighted by atomic mass is 9.99. The van der Waals surface area contributed by atoms with Gasteiger partial charge in [0.05, 0.1) is 44.8 Å². The topological polar surface area (TPSA) is 54.8 Å². The zero-order chi connectivity index (χ0) is 42.0. The van der Waals surface area contributed by atoms with Crippen LogP contribution in [0.3, 0.4) is 0 Å². The molecule has 0 amide bonds. The van der Waals surface area contributed by atoms with E-state index in [1.165, 1.54) is 0 Å². The molecule has 0 N–H and O–H groups in total. The van der Waals surface area contributed by atoms with E-state index in [0.717, 1.165) is 106 Å². The number of aromatic nitrogens is 4. The molecule has 0 spiro atoms. The molecule has 0 aliphatic rings. The molecule has 2 heterocycles. The highest BCUT2D eigenvalue weighted by Crippen LogP contribution is 2.38. The van der Waals surface area contributed by atoms with Crippen molar-refractivity contribution in [2.75, 3.05) is 4.90 Å². The summed E-state index contributed by atoms with van der Waals surface area (Å²) in [6.45, 7) is 0. The van der Waals surface area contributed by atoms with E-state index in [9.17, 15) is 0 Å². The van der Waals surface area contributed by atoms with E-state index in [0.29, 0.717) is 0 Å². The molecule has 5 nitrogen and oxygen atoms in total. The number of rotatable bonds is 9. The van der Waals surface area contributed by atoms with Crippen LogP contribution in [-0.2, 0) is 0 Å². The normalized spacial score (nSPS) is 11.2. The van der Waals surface area contributed by atoms with Gasteiger partial charge >= 0.3 is 0 Å². The molecular weight excluding hydrogens is 767 g/mol. The minimum atomic E-state index is 0.872. The van der Waals surface area contributed by atoms with Crippen molar-refractivity contribution in [2.45, 2.75) is 0 Å². The summed E-state index contributed by atoms with van der Waals surface area (Å²) in [5, 5.41) is 0. The van der Waals surface area contributed by atoms with Crippen molar-refractivity contribution >= 4 is 39.1 Å². The van der Waals surface area contributed by atoms with Crippen LogP contribution in [0, 0.1) is 0 Å². The molecule has 0 saturated heterocycles. The van der Waals surface area contributed by atoms with Gasteiger partial charge in [-0.3, -0.25) is 0 Å². The van der Waals surface area contributed by atoms with Crippen LogP contribution >= 0.6 is 0 Å². The van der Waals surface area contributed by atoms with E-state index in [2.05, 4.69) is 157 Å². The fourth-order valence-electron chi connectivity index (χ4n) is 8.27. The molecule has 0 aliphatic heterocycles. The molecular formula is C58H39N5. The summed E-state index contributed by atoms with van der Waals surface area (Å²) in [5.74, 6) is 0. The zero-order valence-electron chi connectivity index (χ0n) is 34.3. The molecule has 0 fully saturated rings. The Morgan fingerprint density at radius 2 is 0.413 bits per heavy atom. The summed E-state index contributed by atoms with van der Waals surface area (Å²) >= 11 is 0. The Balaban J connectivity index is 0.869. The quantitative estimate of drug-likeness (QED) is 0.145. The van der Waals surface area contributed by atoms with Gasteiger partial charge in [0, 0.05) is 39.3 Å². The van der Waals surface area contributed by atoms with Gasteiger partial charge < -0.3 is 4.90 Å². The van der Waals surface area contributed by atoms with Gasteiger partial charge in [-0.2, -0.15) is 0 Å². The molecule has 11 rings (SSSR count). The molecule has 0 atom stereocenters. The zero-order valence-corrected chi connectivity index (χ0v) is 34.3. The lowest BCUT2D eigenvalue weighted by Gasteiger charge is -2.26. The number of hydrogen-bond donors (Lipinski definition) is 0. The van der Waals surface area contributed by atoms with Gasteiger partial charge in [0.2, 0.25) is 0 Å². The van der Waals surface area contributed by atoms with Crippen molar-refractivity contribution < 1.29 is 0 Å². The van der Waals surface area contributed by atoms with Crippen molar-refractivity contribution in [1.82, 2.24) is 19.9 Å². The van der Waals surface area contributed by atoms with Crippen LogP contribution in [0.1, 0.15) is 0 Å². The highest BCUT2D eigenvalue weighted by atomic mass is 15.1. The van der Waals surface area contributed by atoms with Crippen molar-refractivity contribution in [2.24, 2.45) is 0 Å². The largest absolute Gasteiger partial charge is 0.311 e. The van der Waals surface area contributed by atoms with Gasteiger partial charge in [-0.15, -0.1) is 0 Å². The molecule has 2 aromatic heterocycles. The number of fused-ring (bicyclic) bond motifs is 2. The Morgan fingerprint density at radius 3 is 0.730 bits per heavy atom. The van der Waals surface area contributed by atoms with Crippen LogP contribution in [0.2, 0.25) is 0 Å². The molecule has 296 valence electrons. The van der Waals surface area contributed by atoms with Crippen LogP contribution in [0.4, 0.5) is 17.1 Å². The van der Waals surface area contributed by atoms with Gasteiger partial charge in [0.1, 0.15) is 0 Å². The Kier molecular flexibility index (Phi) is 9.80. The van der Waals surface area contributed by atoms with Gasteiger partial charge in [0.15, 0.2) is 0 Å².